The van der Waals surface area contributed by atoms with Crippen LogP contribution in [0.3, 0.4) is 0 Å². The number of aliphatic imine (C=N–C) groups is 1. The molecule has 112 valence electrons. The quantitative estimate of drug-likeness (QED) is 0.647. The van der Waals surface area contributed by atoms with Crippen molar-refractivity contribution in [3.63, 3.8) is 0 Å². The normalized spacial score (nSPS) is 13.2. The molecule has 0 spiro atoms. The number of benzene rings is 1. The van der Waals surface area contributed by atoms with Gasteiger partial charge in [0.15, 0.2) is 5.96 Å². The van der Waals surface area contributed by atoms with E-state index in [1.165, 1.54) is 6.07 Å². The maximum atomic E-state index is 12.6. The minimum atomic E-state index is -4.32. The minimum Gasteiger partial charge on any atom is -0.352 e. The Bertz CT molecular complexity index is 473. The average Bonchev–Trinajstić information content (AvgIpc) is 2.32. The Morgan fingerprint density at radius 3 is 2.35 bits per heavy atom. The first-order valence-electron chi connectivity index (χ1n) is 6.27. The summed E-state index contributed by atoms with van der Waals surface area (Å²) >= 11 is 0. The first kappa shape index (κ1) is 16.3. The van der Waals surface area contributed by atoms with E-state index in [0.29, 0.717) is 11.5 Å². The number of alkyl halides is 3. The molecule has 0 saturated heterocycles. The molecule has 0 amide bonds. The van der Waals surface area contributed by atoms with Crippen molar-refractivity contribution in [1.29, 1.82) is 0 Å². The Labute approximate surface area is 117 Å². The van der Waals surface area contributed by atoms with E-state index < -0.39 is 11.7 Å². The lowest BCUT2D eigenvalue weighted by Gasteiger charge is -2.23. The van der Waals surface area contributed by atoms with Crippen LogP contribution in [0.4, 0.5) is 13.2 Å². The van der Waals surface area contributed by atoms with Gasteiger partial charge in [-0.1, -0.05) is 12.1 Å². The maximum absolute atomic E-state index is 12.6. The van der Waals surface area contributed by atoms with Gasteiger partial charge in [0.05, 0.1) is 5.56 Å². The highest BCUT2D eigenvalue weighted by molar-refractivity contribution is 5.80. The average molecular weight is 287 g/mol. The van der Waals surface area contributed by atoms with E-state index in [1.807, 2.05) is 20.8 Å². The fourth-order valence-electron chi connectivity index (χ4n) is 1.58. The van der Waals surface area contributed by atoms with Crippen LogP contribution in [-0.4, -0.2) is 18.5 Å². The van der Waals surface area contributed by atoms with Crippen LogP contribution in [0.5, 0.6) is 0 Å². The van der Waals surface area contributed by atoms with E-state index in [2.05, 4.69) is 15.6 Å². The largest absolute Gasteiger partial charge is 0.416 e. The molecule has 1 rings (SSSR count). The van der Waals surface area contributed by atoms with Crippen LogP contribution in [0, 0.1) is 0 Å². The van der Waals surface area contributed by atoms with Gasteiger partial charge in [-0.2, -0.15) is 13.2 Å². The van der Waals surface area contributed by atoms with Gasteiger partial charge < -0.3 is 10.6 Å². The number of nitrogens with zero attached hydrogens (tertiary/aromatic N) is 1. The highest BCUT2D eigenvalue weighted by atomic mass is 19.4. The second kappa shape index (κ2) is 6.15. The molecule has 0 aliphatic heterocycles. The van der Waals surface area contributed by atoms with E-state index in [4.69, 9.17) is 0 Å². The van der Waals surface area contributed by atoms with E-state index in [0.717, 1.165) is 12.1 Å². The predicted octanol–water partition coefficient (Wildman–Crippen LogP) is 3.17. The molecular formula is C14H20F3N3. The van der Waals surface area contributed by atoms with Gasteiger partial charge >= 0.3 is 6.18 Å². The molecule has 20 heavy (non-hydrogen) atoms. The lowest BCUT2D eigenvalue weighted by molar-refractivity contribution is -0.137. The van der Waals surface area contributed by atoms with Gasteiger partial charge in [-0.25, -0.2) is 0 Å². The molecule has 0 aliphatic rings. The molecule has 2 N–H and O–H groups in total. The van der Waals surface area contributed by atoms with E-state index in [9.17, 15) is 13.2 Å². The molecule has 0 aliphatic carbocycles. The zero-order valence-electron chi connectivity index (χ0n) is 12.1. The van der Waals surface area contributed by atoms with Gasteiger partial charge in [0.25, 0.3) is 0 Å². The molecule has 0 radical (unpaired) electrons. The van der Waals surface area contributed by atoms with Gasteiger partial charge in [-0.3, -0.25) is 4.99 Å². The summed E-state index contributed by atoms with van der Waals surface area (Å²) in [5.74, 6) is 0.551. The Balaban J connectivity index is 2.70. The molecule has 1 aromatic rings. The fraction of sp³-hybridized carbons (Fsp3) is 0.500. The second-order valence-electron chi connectivity index (χ2n) is 5.50. The number of hydrogen-bond donors (Lipinski definition) is 2. The monoisotopic (exact) mass is 287 g/mol. The maximum Gasteiger partial charge on any atom is 0.416 e. The van der Waals surface area contributed by atoms with Crippen molar-refractivity contribution in [2.45, 2.75) is 39.0 Å². The highest BCUT2D eigenvalue weighted by Crippen LogP contribution is 2.29. The summed E-state index contributed by atoms with van der Waals surface area (Å²) in [5, 5.41) is 6.13. The van der Waals surface area contributed by atoms with E-state index >= 15 is 0 Å². The minimum absolute atomic E-state index is 0.171. The van der Waals surface area contributed by atoms with Crippen LogP contribution < -0.4 is 10.6 Å². The smallest absolute Gasteiger partial charge is 0.352 e. The first-order valence-corrected chi connectivity index (χ1v) is 6.27. The van der Waals surface area contributed by atoms with Crippen molar-refractivity contribution in [3.8, 4) is 0 Å². The van der Waals surface area contributed by atoms with Gasteiger partial charge in [-0.05, 0) is 38.5 Å². The van der Waals surface area contributed by atoms with Crippen molar-refractivity contribution in [2.24, 2.45) is 4.99 Å². The third-order valence-corrected chi connectivity index (χ3v) is 2.43. The SMILES string of the molecule is CN=C(NCc1cccc(C(F)(F)F)c1)NC(C)(C)C. The zero-order valence-corrected chi connectivity index (χ0v) is 12.1. The lowest BCUT2D eigenvalue weighted by atomic mass is 10.1. The molecule has 6 heteroatoms. The van der Waals surface area contributed by atoms with Gasteiger partial charge in [0, 0.05) is 19.1 Å². The summed E-state index contributed by atoms with van der Waals surface area (Å²) in [6.45, 7) is 6.21. The van der Waals surface area contributed by atoms with Crippen LogP contribution in [0.2, 0.25) is 0 Å². The summed E-state index contributed by atoms with van der Waals surface area (Å²) in [5.41, 5.74) is -0.261. The molecule has 0 fully saturated rings. The predicted molar refractivity (Wildman–Crippen MR) is 74.5 cm³/mol. The number of guanidine groups is 1. The first-order chi connectivity index (χ1) is 9.12. The van der Waals surface area contributed by atoms with E-state index in [-0.39, 0.29) is 12.1 Å². The van der Waals surface area contributed by atoms with Crippen molar-refractivity contribution >= 4 is 5.96 Å². The van der Waals surface area contributed by atoms with Crippen LogP contribution in [0.1, 0.15) is 31.9 Å². The molecule has 1 aromatic carbocycles. The Morgan fingerprint density at radius 1 is 1.20 bits per heavy atom. The molecular weight excluding hydrogens is 267 g/mol. The number of hydrogen-bond acceptors (Lipinski definition) is 1. The lowest BCUT2D eigenvalue weighted by Crippen LogP contribution is -2.47. The molecule has 3 nitrogen and oxygen atoms in total. The molecule has 0 aromatic heterocycles. The molecule has 0 unspecified atom stereocenters. The van der Waals surface area contributed by atoms with Crippen LogP contribution in [-0.2, 0) is 12.7 Å². The Morgan fingerprint density at radius 2 is 1.85 bits per heavy atom. The fourth-order valence-corrected chi connectivity index (χ4v) is 1.58. The van der Waals surface area contributed by atoms with Crippen LogP contribution >= 0.6 is 0 Å². The summed E-state index contributed by atoms with van der Waals surface area (Å²) in [7, 11) is 1.62. The standard InChI is InChI=1S/C14H20F3N3/c1-13(2,3)20-12(18-4)19-9-10-6-5-7-11(8-10)14(15,16)17/h5-8H,9H2,1-4H3,(H2,18,19,20). The molecule has 0 atom stereocenters. The third-order valence-electron chi connectivity index (χ3n) is 2.43. The molecule has 0 heterocycles. The Kier molecular flexibility index (Phi) is 5.03. The highest BCUT2D eigenvalue weighted by Gasteiger charge is 2.30. The van der Waals surface area contributed by atoms with Crippen molar-refractivity contribution in [2.75, 3.05) is 7.05 Å². The summed E-state index contributed by atoms with van der Waals surface area (Å²) in [6, 6.07) is 5.25. The third kappa shape index (κ3) is 5.50. The molecule has 0 bridgehead atoms. The number of halogens is 3. The summed E-state index contributed by atoms with van der Waals surface area (Å²) in [4.78, 5) is 4.03. The van der Waals surface area contributed by atoms with E-state index in [1.54, 1.807) is 13.1 Å². The van der Waals surface area contributed by atoms with Gasteiger partial charge in [-0.15, -0.1) is 0 Å². The van der Waals surface area contributed by atoms with Crippen molar-refractivity contribution in [3.05, 3.63) is 35.4 Å². The summed E-state index contributed by atoms with van der Waals surface area (Å²) in [6.07, 6.45) is -4.32. The summed E-state index contributed by atoms with van der Waals surface area (Å²) < 4.78 is 37.8. The van der Waals surface area contributed by atoms with Crippen LogP contribution in [0.25, 0.3) is 0 Å². The zero-order chi connectivity index (χ0) is 15.4. The second-order valence-corrected chi connectivity index (χ2v) is 5.50. The van der Waals surface area contributed by atoms with Crippen LogP contribution in [0.15, 0.2) is 29.3 Å². The van der Waals surface area contributed by atoms with Gasteiger partial charge in [0.2, 0.25) is 0 Å². The Hall–Kier alpha value is -1.72. The van der Waals surface area contributed by atoms with Crippen molar-refractivity contribution in [1.82, 2.24) is 10.6 Å². The molecule has 0 saturated carbocycles. The topological polar surface area (TPSA) is 36.4 Å². The van der Waals surface area contributed by atoms with Crippen molar-refractivity contribution < 1.29 is 13.2 Å². The number of nitrogens with one attached hydrogen (secondary N) is 2. The van der Waals surface area contributed by atoms with Gasteiger partial charge in [0.1, 0.15) is 0 Å². The number of rotatable bonds is 2.